The van der Waals surface area contributed by atoms with Gasteiger partial charge >= 0.3 is 0 Å². The lowest BCUT2D eigenvalue weighted by Crippen LogP contribution is -2.23. The van der Waals surface area contributed by atoms with Crippen LogP contribution in [0.15, 0.2) is 11.6 Å². The Balaban J connectivity index is 1.96. The van der Waals surface area contributed by atoms with Gasteiger partial charge in [-0.1, -0.05) is 0 Å². The summed E-state index contributed by atoms with van der Waals surface area (Å²) in [4.78, 5) is 15.8. The van der Waals surface area contributed by atoms with E-state index in [2.05, 4.69) is 20.5 Å². The number of hydrogen-bond donors (Lipinski definition) is 2. The largest absolute Gasteiger partial charge is 0.344 e. The number of thiazole rings is 1. The van der Waals surface area contributed by atoms with Crippen molar-refractivity contribution in [2.24, 2.45) is 0 Å². The van der Waals surface area contributed by atoms with Gasteiger partial charge in [0.15, 0.2) is 5.01 Å². The number of hydrogen-bond acceptors (Lipinski definition) is 4. The van der Waals surface area contributed by atoms with Crippen LogP contribution in [-0.2, 0) is 6.54 Å². The number of carbonyl (C=O) groups excluding carboxylic acids is 1. The maximum Gasteiger partial charge on any atom is 0.280 e. The summed E-state index contributed by atoms with van der Waals surface area (Å²) in [5.41, 5.74) is 2.82. The van der Waals surface area contributed by atoms with Crippen molar-refractivity contribution in [1.82, 2.24) is 20.5 Å². The highest BCUT2D eigenvalue weighted by molar-refractivity contribution is 7.11. The van der Waals surface area contributed by atoms with Crippen molar-refractivity contribution >= 4 is 17.2 Å². The number of aryl methyl sites for hydroxylation is 2. The van der Waals surface area contributed by atoms with Crippen LogP contribution in [0.4, 0.5) is 0 Å². The zero-order valence-electron chi connectivity index (χ0n) is 9.07. The molecule has 0 aromatic carbocycles. The summed E-state index contributed by atoms with van der Waals surface area (Å²) in [5, 5.41) is 11.9. The molecule has 84 valence electrons. The van der Waals surface area contributed by atoms with Crippen molar-refractivity contribution in [3.63, 3.8) is 0 Å². The van der Waals surface area contributed by atoms with E-state index < -0.39 is 0 Å². The number of carbonyl (C=O) groups is 1. The SMILES string of the molecule is Cc1csc(C(=O)NCc2[nH]ncc2C)n1. The van der Waals surface area contributed by atoms with Crippen molar-refractivity contribution in [2.45, 2.75) is 20.4 Å². The van der Waals surface area contributed by atoms with Gasteiger partial charge in [-0.25, -0.2) is 4.98 Å². The molecule has 16 heavy (non-hydrogen) atoms. The van der Waals surface area contributed by atoms with Gasteiger partial charge in [0.05, 0.1) is 18.4 Å². The molecule has 2 aromatic rings. The number of amides is 1. The normalized spacial score (nSPS) is 10.4. The molecule has 0 aliphatic carbocycles. The second-order valence-electron chi connectivity index (χ2n) is 3.51. The lowest BCUT2D eigenvalue weighted by Gasteiger charge is -2.01. The molecule has 0 unspecified atom stereocenters. The van der Waals surface area contributed by atoms with E-state index in [1.807, 2.05) is 19.2 Å². The van der Waals surface area contributed by atoms with Gasteiger partial charge < -0.3 is 5.32 Å². The summed E-state index contributed by atoms with van der Waals surface area (Å²) >= 11 is 1.35. The fourth-order valence-electron chi connectivity index (χ4n) is 1.25. The Morgan fingerprint density at radius 2 is 2.38 bits per heavy atom. The summed E-state index contributed by atoms with van der Waals surface area (Å²) in [6.07, 6.45) is 1.73. The summed E-state index contributed by atoms with van der Waals surface area (Å²) in [5.74, 6) is -0.146. The number of aromatic amines is 1. The van der Waals surface area contributed by atoms with Crippen LogP contribution >= 0.6 is 11.3 Å². The maximum absolute atomic E-state index is 11.7. The van der Waals surface area contributed by atoms with Crippen molar-refractivity contribution in [2.75, 3.05) is 0 Å². The second-order valence-corrected chi connectivity index (χ2v) is 4.37. The van der Waals surface area contributed by atoms with Crippen LogP contribution in [0, 0.1) is 13.8 Å². The second kappa shape index (κ2) is 4.44. The predicted octanol–water partition coefficient (Wildman–Crippen LogP) is 1.41. The quantitative estimate of drug-likeness (QED) is 0.846. The molecular formula is C10H12N4OS. The van der Waals surface area contributed by atoms with Gasteiger partial charge in [0.25, 0.3) is 5.91 Å². The molecule has 0 spiro atoms. The summed E-state index contributed by atoms with van der Waals surface area (Å²) in [6.45, 7) is 4.26. The van der Waals surface area contributed by atoms with Crippen LogP contribution in [0.2, 0.25) is 0 Å². The molecule has 2 heterocycles. The van der Waals surface area contributed by atoms with Crippen molar-refractivity contribution in [1.29, 1.82) is 0 Å². The monoisotopic (exact) mass is 236 g/mol. The third kappa shape index (κ3) is 2.27. The van der Waals surface area contributed by atoms with Gasteiger partial charge in [0, 0.05) is 11.1 Å². The predicted molar refractivity (Wildman–Crippen MR) is 61.3 cm³/mol. The molecule has 0 atom stereocenters. The molecular weight excluding hydrogens is 224 g/mol. The zero-order chi connectivity index (χ0) is 11.5. The minimum atomic E-state index is -0.146. The summed E-state index contributed by atoms with van der Waals surface area (Å²) < 4.78 is 0. The molecule has 0 saturated carbocycles. The third-order valence-corrected chi connectivity index (χ3v) is 3.13. The van der Waals surface area contributed by atoms with Gasteiger partial charge in [-0.05, 0) is 19.4 Å². The molecule has 2 aromatic heterocycles. The van der Waals surface area contributed by atoms with Gasteiger partial charge in [-0.2, -0.15) is 5.10 Å². The zero-order valence-corrected chi connectivity index (χ0v) is 9.89. The van der Waals surface area contributed by atoms with E-state index in [1.54, 1.807) is 6.20 Å². The van der Waals surface area contributed by atoms with E-state index >= 15 is 0 Å². The molecule has 1 amide bonds. The molecule has 5 nitrogen and oxygen atoms in total. The first-order chi connectivity index (χ1) is 7.66. The van der Waals surface area contributed by atoms with Crippen LogP contribution in [0.5, 0.6) is 0 Å². The number of rotatable bonds is 3. The standard InChI is InChI=1S/C10H12N4OS/c1-6-3-12-14-8(6)4-11-9(15)10-13-7(2)5-16-10/h3,5H,4H2,1-2H3,(H,11,15)(H,12,14). The first kappa shape index (κ1) is 10.8. The Hall–Kier alpha value is -1.69. The Bertz CT molecular complexity index is 502. The van der Waals surface area contributed by atoms with Gasteiger partial charge in [0.1, 0.15) is 0 Å². The number of nitrogens with one attached hydrogen (secondary N) is 2. The molecule has 0 bridgehead atoms. The van der Waals surface area contributed by atoms with E-state index in [1.165, 1.54) is 11.3 Å². The van der Waals surface area contributed by atoms with Crippen molar-refractivity contribution in [3.05, 3.63) is 33.5 Å². The van der Waals surface area contributed by atoms with Gasteiger partial charge in [-0.3, -0.25) is 9.89 Å². The van der Waals surface area contributed by atoms with Crippen LogP contribution in [0.3, 0.4) is 0 Å². The third-order valence-electron chi connectivity index (χ3n) is 2.17. The van der Waals surface area contributed by atoms with Crippen molar-refractivity contribution in [3.8, 4) is 0 Å². The average molecular weight is 236 g/mol. The van der Waals surface area contributed by atoms with Crippen molar-refractivity contribution < 1.29 is 4.79 Å². The average Bonchev–Trinajstić information content (AvgIpc) is 2.84. The number of H-pyrrole nitrogens is 1. The van der Waals surface area contributed by atoms with E-state index in [9.17, 15) is 4.79 Å². The summed E-state index contributed by atoms with van der Waals surface area (Å²) in [7, 11) is 0. The molecule has 0 aliphatic heterocycles. The first-order valence-electron chi connectivity index (χ1n) is 4.86. The Morgan fingerprint density at radius 1 is 1.56 bits per heavy atom. The van der Waals surface area contributed by atoms with Gasteiger partial charge in [-0.15, -0.1) is 11.3 Å². The fourth-order valence-corrected chi connectivity index (χ4v) is 1.97. The van der Waals surface area contributed by atoms with Gasteiger partial charge in [0.2, 0.25) is 0 Å². The van der Waals surface area contributed by atoms with Crippen LogP contribution in [-0.4, -0.2) is 21.1 Å². The Morgan fingerprint density at radius 3 is 2.94 bits per heavy atom. The minimum absolute atomic E-state index is 0.146. The molecule has 2 N–H and O–H groups in total. The highest BCUT2D eigenvalue weighted by atomic mass is 32.1. The van der Waals surface area contributed by atoms with Crippen LogP contribution in [0.25, 0.3) is 0 Å². The summed E-state index contributed by atoms with van der Waals surface area (Å²) in [6, 6.07) is 0. The smallest absolute Gasteiger partial charge is 0.280 e. The highest BCUT2D eigenvalue weighted by Crippen LogP contribution is 2.08. The fraction of sp³-hybridized carbons (Fsp3) is 0.300. The van der Waals surface area contributed by atoms with E-state index in [0.29, 0.717) is 11.6 Å². The minimum Gasteiger partial charge on any atom is -0.344 e. The highest BCUT2D eigenvalue weighted by Gasteiger charge is 2.10. The number of aromatic nitrogens is 3. The van der Waals surface area contributed by atoms with Crippen LogP contribution < -0.4 is 5.32 Å². The molecule has 6 heteroatoms. The maximum atomic E-state index is 11.7. The van der Waals surface area contributed by atoms with Crippen LogP contribution in [0.1, 0.15) is 26.8 Å². The topological polar surface area (TPSA) is 70.7 Å². The van der Waals surface area contributed by atoms with E-state index in [4.69, 9.17) is 0 Å². The lowest BCUT2D eigenvalue weighted by atomic mass is 10.3. The molecule has 0 radical (unpaired) electrons. The molecule has 0 saturated heterocycles. The number of nitrogens with zero attached hydrogens (tertiary/aromatic N) is 2. The van der Waals surface area contributed by atoms with E-state index in [-0.39, 0.29) is 5.91 Å². The molecule has 0 fully saturated rings. The molecule has 2 rings (SSSR count). The first-order valence-corrected chi connectivity index (χ1v) is 5.74. The Labute approximate surface area is 96.9 Å². The molecule has 0 aliphatic rings. The van der Waals surface area contributed by atoms with E-state index in [0.717, 1.165) is 17.0 Å². The Kier molecular flexibility index (Phi) is 3.00. The lowest BCUT2D eigenvalue weighted by molar-refractivity contribution is 0.0950.